The van der Waals surface area contributed by atoms with Gasteiger partial charge in [-0.15, -0.1) is 0 Å². The van der Waals surface area contributed by atoms with Crippen molar-refractivity contribution in [2.24, 2.45) is 0 Å². The number of benzene rings is 3. The van der Waals surface area contributed by atoms with Crippen LogP contribution in [0.5, 0.6) is 0 Å². The zero-order valence-electron chi connectivity index (χ0n) is 13.4. The standard InChI is InChI=1S/C17H12O.2CH2O3/c18-12-13-6-7-17-11-16(9-8-15(17)10-13)14-4-2-1-3-5-14;2*2-1(3)4/h1-12H;2*(H2,2,3,4). The molecular weight excluding hydrogens is 340 g/mol. The fourth-order valence-corrected chi connectivity index (χ4v) is 2.15. The Balaban J connectivity index is 0.000000360. The average Bonchev–Trinajstić information content (AvgIpc) is 2.60. The summed E-state index contributed by atoms with van der Waals surface area (Å²) in [6, 6.07) is 22.3. The molecule has 26 heavy (non-hydrogen) atoms. The molecule has 3 rings (SSSR count). The Bertz CT molecular complexity index is 869. The van der Waals surface area contributed by atoms with Gasteiger partial charge in [0.1, 0.15) is 6.29 Å². The van der Waals surface area contributed by atoms with Crippen LogP contribution >= 0.6 is 0 Å². The minimum atomic E-state index is -1.83. The molecule has 7 nitrogen and oxygen atoms in total. The van der Waals surface area contributed by atoms with Crippen molar-refractivity contribution in [2.45, 2.75) is 0 Å². The first-order valence-corrected chi connectivity index (χ1v) is 7.21. The molecule has 0 aromatic heterocycles. The highest BCUT2D eigenvalue weighted by Gasteiger charge is 2.00. The summed E-state index contributed by atoms with van der Waals surface area (Å²) >= 11 is 0. The van der Waals surface area contributed by atoms with Crippen LogP contribution in [0.1, 0.15) is 10.4 Å². The Morgan fingerprint density at radius 1 is 0.654 bits per heavy atom. The maximum atomic E-state index is 10.7. The van der Waals surface area contributed by atoms with Crippen LogP contribution in [-0.2, 0) is 0 Å². The molecule has 0 saturated heterocycles. The van der Waals surface area contributed by atoms with Crippen LogP contribution in [0.4, 0.5) is 9.59 Å². The molecule has 0 spiro atoms. The van der Waals surface area contributed by atoms with Crippen molar-refractivity contribution in [3.63, 3.8) is 0 Å². The van der Waals surface area contributed by atoms with Crippen molar-refractivity contribution in [1.29, 1.82) is 0 Å². The van der Waals surface area contributed by atoms with Gasteiger partial charge >= 0.3 is 12.3 Å². The summed E-state index contributed by atoms with van der Waals surface area (Å²) in [5, 5.41) is 30.1. The molecule has 0 radical (unpaired) electrons. The molecule has 0 unspecified atom stereocenters. The Morgan fingerprint density at radius 3 is 1.69 bits per heavy atom. The van der Waals surface area contributed by atoms with E-state index in [1.165, 1.54) is 11.1 Å². The maximum absolute atomic E-state index is 10.7. The van der Waals surface area contributed by atoms with E-state index < -0.39 is 12.3 Å². The van der Waals surface area contributed by atoms with Crippen LogP contribution < -0.4 is 0 Å². The second kappa shape index (κ2) is 10.1. The number of fused-ring (bicyclic) bond motifs is 1. The van der Waals surface area contributed by atoms with Crippen molar-refractivity contribution in [3.8, 4) is 11.1 Å². The molecule has 0 amide bonds. The van der Waals surface area contributed by atoms with Crippen LogP contribution in [0.3, 0.4) is 0 Å². The fraction of sp³-hybridized carbons (Fsp3) is 0. The lowest BCUT2D eigenvalue weighted by molar-refractivity contribution is 0.112. The Labute approximate surface area is 148 Å². The molecule has 4 N–H and O–H groups in total. The van der Waals surface area contributed by atoms with Gasteiger partial charge in [-0.05, 0) is 34.0 Å². The molecule has 0 bridgehead atoms. The predicted molar refractivity (Wildman–Crippen MR) is 96.1 cm³/mol. The number of carbonyl (C=O) groups excluding carboxylic acids is 1. The van der Waals surface area contributed by atoms with E-state index in [0.717, 1.165) is 22.6 Å². The molecular formula is C19H16O7. The highest BCUT2D eigenvalue weighted by Crippen LogP contribution is 2.24. The number of carbonyl (C=O) groups is 3. The lowest BCUT2D eigenvalue weighted by Gasteiger charge is -2.04. The zero-order chi connectivity index (χ0) is 19.5. The second-order valence-electron chi connectivity index (χ2n) is 4.87. The summed E-state index contributed by atoms with van der Waals surface area (Å²) in [6.45, 7) is 0. The molecule has 134 valence electrons. The average molecular weight is 356 g/mol. The Kier molecular flexibility index (Phi) is 7.83. The Hall–Kier alpha value is -3.87. The van der Waals surface area contributed by atoms with E-state index in [0.29, 0.717) is 0 Å². The van der Waals surface area contributed by atoms with Gasteiger partial charge in [-0.25, -0.2) is 9.59 Å². The molecule has 0 saturated carbocycles. The van der Waals surface area contributed by atoms with E-state index in [1.54, 1.807) is 0 Å². The summed E-state index contributed by atoms with van der Waals surface area (Å²) in [5.41, 5.74) is 3.12. The van der Waals surface area contributed by atoms with Crippen molar-refractivity contribution in [3.05, 3.63) is 72.3 Å². The molecule has 3 aromatic carbocycles. The van der Waals surface area contributed by atoms with Gasteiger partial charge < -0.3 is 20.4 Å². The molecule has 7 heteroatoms. The molecule has 0 heterocycles. The van der Waals surface area contributed by atoms with Gasteiger partial charge in [0.15, 0.2) is 0 Å². The summed E-state index contributed by atoms with van der Waals surface area (Å²) in [7, 11) is 0. The van der Waals surface area contributed by atoms with Crippen molar-refractivity contribution in [1.82, 2.24) is 0 Å². The van der Waals surface area contributed by atoms with Gasteiger partial charge in [0.05, 0.1) is 0 Å². The third kappa shape index (κ3) is 7.14. The van der Waals surface area contributed by atoms with Crippen molar-refractivity contribution >= 4 is 29.4 Å². The van der Waals surface area contributed by atoms with E-state index >= 15 is 0 Å². The molecule has 0 atom stereocenters. The largest absolute Gasteiger partial charge is 0.503 e. The van der Waals surface area contributed by atoms with Crippen LogP contribution in [0.15, 0.2) is 66.7 Å². The van der Waals surface area contributed by atoms with Crippen LogP contribution in [0.25, 0.3) is 21.9 Å². The Morgan fingerprint density at radius 2 is 1.15 bits per heavy atom. The van der Waals surface area contributed by atoms with Crippen molar-refractivity contribution < 1.29 is 34.8 Å². The van der Waals surface area contributed by atoms with Gasteiger partial charge in [0, 0.05) is 5.56 Å². The number of aldehydes is 1. The third-order valence-electron chi connectivity index (χ3n) is 3.11. The van der Waals surface area contributed by atoms with Gasteiger partial charge in [-0.1, -0.05) is 54.6 Å². The van der Waals surface area contributed by atoms with E-state index in [1.807, 2.05) is 36.4 Å². The summed E-state index contributed by atoms with van der Waals surface area (Å²) in [6.07, 6.45) is -2.79. The van der Waals surface area contributed by atoms with E-state index in [2.05, 4.69) is 30.3 Å². The minimum Gasteiger partial charge on any atom is -0.450 e. The number of hydrogen-bond donors (Lipinski definition) is 4. The fourth-order valence-electron chi connectivity index (χ4n) is 2.15. The smallest absolute Gasteiger partial charge is 0.450 e. The summed E-state index contributed by atoms with van der Waals surface area (Å²) in [4.78, 5) is 27.8. The lowest BCUT2D eigenvalue weighted by atomic mass is 10.0. The first-order chi connectivity index (χ1) is 12.3. The van der Waals surface area contributed by atoms with Crippen LogP contribution in [0, 0.1) is 0 Å². The molecule has 0 aliphatic carbocycles. The monoisotopic (exact) mass is 356 g/mol. The van der Waals surface area contributed by atoms with Crippen molar-refractivity contribution in [2.75, 3.05) is 0 Å². The lowest BCUT2D eigenvalue weighted by Crippen LogP contribution is -1.82. The number of carboxylic acid groups (broad SMARTS) is 4. The molecule has 3 aromatic rings. The van der Waals surface area contributed by atoms with Crippen LogP contribution in [0.2, 0.25) is 0 Å². The summed E-state index contributed by atoms with van der Waals surface area (Å²) < 4.78 is 0. The van der Waals surface area contributed by atoms with Gasteiger partial charge in [0.25, 0.3) is 0 Å². The zero-order valence-corrected chi connectivity index (χ0v) is 13.4. The highest BCUT2D eigenvalue weighted by molar-refractivity contribution is 5.91. The third-order valence-corrected chi connectivity index (χ3v) is 3.11. The van der Waals surface area contributed by atoms with Crippen LogP contribution in [-0.4, -0.2) is 39.0 Å². The number of hydrogen-bond acceptors (Lipinski definition) is 3. The van der Waals surface area contributed by atoms with E-state index in [9.17, 15) is 4.79 Å². The normalized spacial score (nSPS) is 9.08. The molecule has 0 aliphatic heterocycles. The molecule has 0 aliphatic rings. The van der Waals surface area contributed by atoms with Gasteiger partial charge in [-0.2, -0.15) is 0 Å². The molecule has 0 fully saturated rings. The quantitative estimate of drug-likeness (QED) is 0.486. The predicted octanol–water partition coefficient (Wildman–Crippen LogP) is 4.76. The van der Waals surface area contributed by atoms with E-state index in [4.69, 9.17) is 30.0 Å². The maximum Gasteiger partial charge on any atom is 0.503 e. The topological polar surface area (TPSA) is 132 Å². The number of rotatable bonds is 2. The highest BCUT2D eigenvalue weighted by atomic mass is 16.6. The minimum absolute atomic E-state index is 0.718. The first-order valence-electron chi connectivity index (χ1n) is 7.21. The van der Waals surface area contributed by atoms with Gasteiger partial charge in [0.2, 0.25) is 0 Å². The first kappa shape index (κ1) is 20.2. The van der Waals surface area contributed by atoms with E-state index in [-0.39, 0.29) is 0 Å². The van der Waals surface area contributed by atoms with Gasteiger partial charge in [-0.3, -0.25) is 4.79 Å². The summed E-state index contributed by atoms with van der Waals surface area (Å²) in [5.74, 6) is 0. The second-order valence-corrected chi connectivity index (χ2v) is 4.87. The SMILES string of the molecule is O=C(O)O.O=C(O)O.O=Cc1ccc2cc(-c3ccccc3)ccc2c1.